The first-order chi connectivity index (χ1) is 7.73. The van der Waals surface area contributed by atoms with Crippen molar-refractivity contribution in [3.05, 3.63) is 48.6 Å². The summed E-state index contributed by atoms with van der Waals surface area (Å²) < 4.78 is 0. The van der Waals surface area contributed by atoms with Crippen LogP contribution in [-0.2, 0) is 0 Å². The lowest BCUT2D eigenvalue weighted by Crippen LogP contribution is -2.33. The third-order valence-electron chi connectivity index (χ3n) is 3.62. The van der Waals surface area contributed by atoms with Crippen LogP contribution in [0.1, 0.15) is 43.6 Å². The van der Waals surface area contributed by atoms with Crippen molar-refractivity contribution in [2.45, 2.75) is 43.6 Å². The summed E-state index contributed by atoms with van der Waals surface area (Å²) in [7, 11) is 0. The molecule has 0 aliphatic heterocycles. The summed E-state index contributed by atoms with van der Waals surface area (Å²) in [6, 6.07) is 10.5. The average molecular weight is 216 g/mol. The van der Waals surface area contributed by atoms with E-state index in [4.69, 9.17) is 0 Å². The van der Waals surface area contributed by atoms with E-state index in [1.54, 1.807) is 0 Å². The Kier molecular flexibility index (Phi) is 3.45. The number of hydrogen-bond donors (Lipinski definition) is 1. The molecule has 1 fully saturated rings. The molecule has 86 valence electrons. The predicted octanol–water partition coefficient (Wildman–Crippen LogP) is 3.65. The van der Waals surface area contributed by atoms with E-state index in [2.05, 4.69) is 30.8 Å². The number of rotatable bonds is 3. The zero-order valence-corrected chi connectivity index (χ0v) is 9.73. The molecular weight excluding hydrogens is 196 g/mol. The highest BCUT2D eigenvalue weighted by Gasteiger charge is 2.33. The van der Waals surface area contributed by atoms with Crippen LogP contribution in [0.5, 0.6) is 0 Å². The summed E-state index contributed by atoms with van der Waals surface area (Å²) >= 11 is 0. The van der Waals surface area contributed by atoms with Gasteiger partial charge in [-0.25, -0.2) is 0 Å². The minimum Gasteiger partial charge on any atom is -0.390 e. The van der Waals surface area contributed by atoms with E-state index in [1.165, 1.54) is 12.0 Å². The Morgan fingerprint density at radius 3 is 2.81 bits per heavy atom. The SMILES string of the molecule is C=CC[C@@]1(O)CCC[C@H](c2ccccc2)C1. The molecule has 16 heavy (non-hydrogen) atoms. The highest BCUT2D eigenvalue weighted by atomic mass is 16.3. The molecule has 0 amide bonds. The fourth-order valence-corrected chi connectivity index (χ4v) is 2.80. The van der Waals surface area contributed by atoms with Crippen LogP contribution < -0.4 is 0 Å². The van der Waals surface area contributed by atoms with Gasteiger partial charge in [0.05, 0.1) is 5.60 Å². The maximum Gasteiger partial charge on any atom is 0.0687 e. The summed E-state index contributed by atoms with van der Waals surface area (Å²) in [6.45, 7) is 3.74. The lowest BCUT2D eigenvalue weighted by molar-refractivity contribution is -0.000613. The maximum absolute atomic E-state index is 10.4. The zero-order chi connectivity index (χ0) is 11.4. The largest absolute Gasteiger partial charge is 0.390 e. The van der Waals surface area contributed by atoms with E-state index in [9.17, 15) is 5.11 Å². The molecule has 1 N–H and O–H groups in total. The Hall–Kier alpha value is -1.08. The quantitative estimate of drug-likeness (QED) is 0.765. The first kappa shape index (κ1) is 11.4. The Bertz CT molecular complexity index is 344. The molecule has 1 aliphatic carbocycles. The number of benzene rings is 1. The molecule has 0 heterocycles. The van der Waals surface area contributed by atoms with Crippen LogP contribution in [0.15, 0.2) is 43.0 Å². The minimum absolute atomic E-state index is 0.513. The van der Waals surface area contributed by atoms with Crippen LogP contribution in [0.25, 0.3) is 0 Å². The Balaban J connectivity index is 2.10. The second-order valence-corrected chi connectivity index (χ2v) is 4.92. The van der Waals surface area contributed by atoms with Gasteiger partial charge in [-0.1, -0.05) is 36.4 Å². The molecule has 1 aliphatic rings. The zero-order valence-electron chi connectivity index (χ0n) is 9.73. The second kappa shape index (κ2) is 4.84. The first-order valence-electron chi connectivity index (χ1n) is 6.12. The molecule has 1 heteroatoms. The van der Waals surface area contributed by atoms with Crippen LogP contribution in [0.2, 0.25) is 0 Å². The first-order valence-corrected chi connectivity index (χ1v) is 6.12. The van der Waals surface area contributed by atoms with E-state index in [-0.39, 0.29) is 0 Å². The van der Waals surface area contributed by atoms with Gasteiger partial charge in [0.25, 0.3) is 0 Å². The van der Waals surface area contributed by atoms with E-state index < -0.39 is 5.60 Å². The highest BCUT2D eigenvalue weighted by Crippen LogP contribution is 2.40. The summed E-state index contributed by atoms with van der Waals surface area (Å²) in [5, 5.41) is 10.4. The molecule has 0 saturated heterocycles. The van der Waals surface area contributed by atoms with Crippen molar-refractivity contribution in [1.82, 2.24) is 0 Å². The fourth-order valence-electron chi connectivity index (χ4n) is 2.80. The molecule has 0 unspecified atom stereocenters. The molecule has 1 aromatic carbocycles. The van der Waals surface area contributed by atoms with Gasteiger partial charge in [0.1, 0.15) is 0 Å². The van der Waals surface area contributed by atoms with Crippen molar-refractivity contribution < 1.29 is 5.11 Å². The van der Waals surface area contributed by atoms with Crippen molar-refractivity contribution in [2.75, 3.05) is 0 Å². The molecule has 0 spiro atoms. The van der Waals surface area contributed by atoms with Crippen molar-refractivity contribution in [3.63, 3.8) is 0 Å². The van der Waals surface area contributed by atoms with Gasteiger partial charge in [-0.3, -0.25) is 0 Å². The predicted molar refractivity (Wildman–Crippen MR) is 67.4 cm³/mol. The van der Waals surface area contributed by atoms with Gasteiger partial charge in [0, 0.05) is 0 Å². The lowest BCUT2D eigenvalue weighted by Gasteiger charge is -2.36. The molecule has 2 atom stereocenters. The van der Waals surface area contributed by atoms with Crippen LogP contribution in [0.3, 0.4) is 0 Å². The second-order valence-electron chi connectivity index (χ2n) is 4.92. The van der Waals surface area contributed by atoms with E-state index in [0.717, 1.165) is 25.7 Å². The third-order valence-corrected chi connectivity index (χ3v) is 3.62. The van der Waals surface area contributed by atoms with Gasteiger partial charge in [-0.2, -0.15) is 0 Å². The molecule has 0 radical (unpaired) electrons. The monoisotopic (exact) mass is 216 g/mol. The van der Waals surface area contributed by atoms with E-state index >= 15 is 0 Å². The van der Waals surface area contributed by atoms with Crippen LogP contribution in [0.4, 0.5) is 0 Å². The van der Waals surface area contributed by atoms with Gasteiger partial charge in [0.15, 0.2) is 0 Å². The average Bonchev–Trinajstić information content (AvgIpc) is 2.30. The maximum atomic E-state index is 10.4. The van der Waals surface area contributed by atoms with Gasteiger partial charge in [-0.05, 0) is 43.6 Å². The molecule has 1 nitrogen and oxygen atoms in total. The van der Waals surface area contributed by atoms with Crippen LogP contribution >= 0.6 is 0 Å². The normalized spacial score (nSPS) is 29.9. The highest BCUT2D eigenvalue weighted by molar-refractivity contribution is 5.21. The minimum atomic E-state index is -0.513. The van der Waals surface area contributed by atoms with Crippen molar-refractivity contribution in [3.8, 4) is 0 Å². The van der Waals surface area contributed by atoms with Crippen molar-refractivity contribution >= 4 is 0 Å². The fraction of sp³-hybridized carbons (Fsp3) is 0.467. The Labute approximate surface area is 97.8 Å². The summed E-state index contributed by atoms with van der Waals surface area (Å²) in [5.41, 5.74) is 0.852. The van der Waals surface area contributed by atoms with Crippen molar-refractivity contribution in [2.24, 2.45) is 0 Å². The summed E-state index contributed by atoms with van der Waals surface area (Å²) in [4.78, 5) is 0. The molecule has 1 aromatic rings. The van der Waals surface area contributed by atoms with Crippen LogP contribution in [-0.4, -0.2) is 10.7 Å². The van der Waals surface area contributed by atoms with Gasteiger partial charge in [-0.15, -0.1) is 6.58 Å². The summed E-state index contributed by atoms with van der Waals surface area (Å²) in [6.07, 6.45) is 6.67. The smallest absolute Gasteiger partial charge is 0.0687 e. The molecular formula is C15H20O. The van der Waals surface area contributed by atoms with Gasteiger partial charge < -0.3 is 5.11 Å². The standard InChI is InChI=1S/C15H20O/c1-2-10-15(16)11-6-9-14(12-15)13-7-4-3-5-8-13/h2-5,7-8,14,16H,1,6,9-12H2/t14-,15+/m0/s1. The van der Waals surface area contributed by atoms with Gasteiger partial charge in [0.2, 0.25) is 0 Å². The number of hydrogen-bond acceptors (Lipinski definition) is 1. The molecule has 2 rings (SSSR count). The number of aliphatic hydroxyl groups is 1. The summed E-state index contributed by atoms with van der Waals surface area (Å²) in [5.74, 6) is 0.514. The topological polar surface area (TPSA) is 20.2 Å². The van der Waals surface area contributed by atoms with Gasteiger partial charge >= 0.3 is 0 Å². The third kappa shape index (κ3) is 2.53. The lowest BCUT2D eigenvalue weighted by atomic mass is 9.74. The Morgan fingerprint density at radius 2 is 2.12 bits per heavy atom. The van der Waals surface area contributed by atoms with E-state index in [0.29, 0.717) is 5.92 Å². The molecule has 1 saturated carbocycles. The van der Waals surface area contributed by atoms with Crippen molar-refractivity contribution in [1.29, 1.82) is 0 Å². The van der Waals surface area contributed by atoms with Crippen LogP contribution in [0, 0.1) is 0 Å². The molecule has 0 bridgehead atoms. The molecule has 0 aromatic heterocycles. The van der Waals surface area contributed by atoms with E-state index in [1.807, 2.05) is 12.1 Å². The Morgan fingerprint density at radius 1 is 1.38 bits per heavy atom.